The van der Waals surface area contributed by atoms with E-state index in [4.69, 9.17) is 5.73 Å². The van der Waals surface area contributed by atoms with Crippen LogP contribution in [0.3, 0.4) is 0 Å². The second-order valence-corrected chi connectivity index (χ2v) is 7.27. The second-order valence-electron chi connectivity index (χ2n) is 7.27. The molecule has 2 bridgehead atoms. The molecule has 0 radical (unpaired) electrons. The van der Waals surface area contributed by atoms with Crippen LogP contribution in [0.25, 0.3) is 0 Å². The average molecular weight is 295 g/mol. The Morgan fingerprint density at radius 3 is 2.33 bits per heavy atom. The van der Waals surface area contributed by atoms with E-state index in [1.165, 1.54) is 0 Å². The molecule has 1 spiro atoms. The first-order chi connectivity index (χ1) is 10.0. The van der Waals surface area contributed by atoms with Crippen LogP contribution in [0.2, 0.25) is 0 Å². The Morgan fingerprint density at radius 2 is 1.81 bits per heavy atom. The molecular formula is C15H22FN3O2. The zero-order chi connectivity index (χ0) is 14.8. The summed E-state index contributed by atoms with van der Waals surface area (Å²) < 4.78 is 13.7. The highest BCUT2D eigenvalue weighted by molar-refractivity contribution is 5.89. The van der Waals surface area contributed by atoms with Gasteiger partial charge >= 0.3 is 0 Å². The van der Waals surface area contributed by atoms with Gasteiger partial charge in [0.15, 0.2) is 0 Å². The van der Waals surface area contributed by atoms with Crippen LogP contribution >= 0.6 is 0 Å². The van der Waals surface area contributed by atoms with Crippen molar-refractivity contribution in [2.24, 2.45) is 34.8 Å². The molecular weight excluding hydrogens is 273 g/mol. The molecule has 5 nitrogen and oxygen atoms in total. The van der Waals surface area contributed by atoms with Crippen molar-refractivity contribution in [2.75, 3.05) is 13.1 Å². The Bertz CT molecular complexity index is 493. The molecule has 3 aliphatic carbocycles. The number of carbonyl (C=O) groups is 2. The normalized spacial score (nSPS) is 46.0. The number of alkyl halides is 1. The van der Waals surface area contributed by atoms with Crippen molar-refractivity contribution >= 4 is 11.8 Å². The lowest BCUT2D eigenvalue weighted by molar-refractivity contribution is -0.136. The first kappa shape index (κ1) is 13.5. The second kappa shape index (κ2) is 4.41. The predicted octanol–water partition coefficient (Wildman–Crippen LogP) is -0.0498. The van der Waals surface area contributed by atoms with E-state index in [0.717, 1.165) is 25.7 Å². The van der Waals surface area contributed by atoms with Gasteiger partial charge in [0.1, 0.15) is 6.17 Å². The van der Waals surface area contributed by atoms with E-state index >= 15 is 0 Å². The van der Waals surface area contributed by atoms with Gasteiger partial charge in [0.05, 0.1) is 17.9 Å². The molecule has 6 atom stereocenters. The van der Waals surface area contributed by atoms with Gasteiger partial charge in [-0.05, 0) is 42.9 Å². The first-order valence-corrected chi connectivity index (χ1v) is 7.99. The standard InChI is InChI=1S/C15H22FN3O2/c16-9-5-18-6-10(9)19-14(21)12-8-2-1-7(11(12)13(17)20)15(8)3-4-15/h7-12,18H,1-6H2,(H2,17,20)(H,19,21)/t7-,8-,9?,10?,11?,12?/m1/s1. The minimum absolute atomic E-state index is 0.159. The fraction of sp³-hybridized carbons (Fsp3) is 0.867. The molecule has 2 amide bonds. The van der Waals surface area contributed by atoms with Crippen molar-refractivity contribution in [3.8, 4) is 0 Å². The Balaban J connectivity index is 1.55. The molecule has 4 N–H and O–H groups in total. The maximum atomic E-state index is 13.7. The summed E-state index contributed by atoms with van der Waals surface area (Å²) >= 11 is 0. The van der Waals surface area contributed by atoms with Gasteiger partial charge in [0.25, 0.3) is 0 Å². The fourth-order valence-electron chi connectivity index (χ4n) is 5.46. The van der Waals surface area contributed by atoms with Crippen molar-refractivity contribution in [3.63, 3.8) is 0 Å². The summed E-state index contributed by atoms with van der Waals surface area (Å²) in [5.41, 5.74) is 5.79. The van der Waals surface area contributed by atoms with Crippen LogP contribution in [0, 0.1) is 29.1 Å². The highest BCUT2D eigenvalue weighted by atomic mass is 19.1. The Kier molecular flexibility index (Phi) is 2.83. The third-order valence-corrected chi connectivity index (χ3v) is 6.45. The van der Waals surface area contributed by atoms with Crippen molar-refractivity contribution in [1.29, 1.82) is 0 Å². The number of amides is 2. The minimum Gasteiger partial charge on any atom is -0.369 e. The van der Waals surface area contributed by atoms with E-state index in [9.17, 15) is 14.0 Å². The molecule has 1 saturated heterocycles. The monoisotopic (exact) mass is 295 g/mol. The molecule has 4 aliphatic rings. The summed E-state index contributed by atoms with van der Waals surface area (Å²) in [5, 5.41) is 5.75. The van der Waals surface area contributed by atoms with Gasteiger partial charge in [-0.2, -0.15) is 0 Å². The molecule has 4 unspecified atom stereocenters. The largest absolute Gasteiger partial charge is 0.369 e. The first-order valence-electron chi connectivity index (χ1n) is 7.99. The van der Waals surface area contributed by atoms with Gasteiger partial charge in [-0.3, -0.25) is 9.59 Å². The topological polar surface area (TPSA) is 84.2 Å². The van der Waals surface area contributed by atoms with Crippen molar-refractivity contribution in [3.05, 3.63) is 0 Å². The van der Waals surface area contributed by atoms with Crippen LogP contribution in [0.4, 0.5) is 4.39 Å². The smallest absolute Gasteiger partial charge is 0.224 e. The molecule has 0 aromatic heterocycles. The van der Waals surface area contributed by atoms with E-state index in [1.807, 2.05) is 0 Å². The molecule has 21 heavy (non-hydrogen) atoms. The van der Waals surface area contributed by atoms with Crippen LogP contribution in [0.15, 0.2) is 0 Å². The van der Waals surface area contributed by atoms with E-state index in [0.29, 0.717) is 6.54 Å². The quantitative estimate of drug-likeness (QED) is 0.682. The summed E-state index contributed by atoms with van der Waals surface area (Å²) in [6, 6.07) is -0.472. The Hall–Kier alpha value is -1.17. The van der Waals surface area contributed by atoms with Crippen LogP contribution in [0.5, 0.6) is 0 Å². The molecule has 1 heterocycles. The lowest BCUT2D eigenvalue weighted by Crippen LogP contribution is -2.49. The molecule has 3 saturated carbocycles. The number of nitrogens with two attached hydrogens (primary N) is 1. The number of hydrogen-bond donors (Lipinski definition) is 3. The highest BCUT2D eigenvalue weighted by Crippen LogP contribution is 2.74. The van der Waals surface area contributed by atoms with E-state index in [2.05, 4.69) is 10.6 Å². The lowest BCUT2D eigenvalue weighted by atomic mass is 9.78. The van der Waals surface area contributed by atoms with Gasteiger partial charge in [-0.1, -0.05) is 0 Å². The highest BCUT2D eigenvalue weighted by Gasteiger charge is 2.71. The zero-order valence-electron chi connectivity index (χ0n) is 12.0. The van der Waals surface area contributed by atoms with E-state index in [1.54, 1.807) is 0 Å². The summed E-state index contributed by atoms with van der Waals surface area (Å²) in [6.07, 6.45) is 3.21. The average Bonchev–Trinajstić information content (AvgIpc) is 2.95. The van der Waals surface area contributed by atoms with Crippen LogP contribution in [-0.2, 0) is 9.59 Å². The van der Waals surface area contributed by atoms with Crippen LogP contribution in [0.1, 0.15) is 25.7 Å². The minimum atomic E-state index is -1.05. The molecule has 4 rings (SSSR count). The van der Waals surface area contributed by atoms with E-state index in [-0.39, 0.29) is 47.4 Å². The summed E-state index contributed by atoms with van der Waals surface area (Å²) in [5.74, 6) is -0.648. The van der Waals surface area contributed by atoms with Gasteiger partial charge in [-0.15, -0.1) is 0 Å². The zero-order valence-corrected chi connectivity index (χ0v) is 12.0. The number of hydrogen-bond acceptors (Lipinski definition) is 3. The Labute approximate surface area is 123 Å². The summed E-state index contributed by atoms with van der Waals surface area (Å²) in [7, 11) is 0. The third kappa shape index (κ3) is 1.77. The van der Waals surface area contributed by atoms with Crippen LogP contribution < -0.4 is 16.4 Å². The SMILES string of the molecule is NC(=O)C1C(C(=O)NC2CNCC2F)[C@H]2CC[C@H]1C21CC1. The maximum Gasteiger partial charge on any atom is 0.224 e. The molecule has 116 valence electrons. The number of carbonyl (C=O) groups excluding carboxylic acids is 2. The number of nitrogens with one attached hydrogen (secondary N) is 2. The van der Waals surface area contributed by atoms with Gasteiger partial charge in [0, 0.05) is 13.1 Å². The molecule has 0 aromatic rings. The van der Waals surface area contributed by atoms with Gasteiger partial charge < -0.3 is 16.4 Å². The maximum absolute atomic E-state index is 13.7. The van der Waals surface area contributed by atoms with Gasteiger partial charge in [-0.25, -0.2) is 4.39 Å². The van der Waals surface area contributed by atoms with Crippen molar-refractivity contribution in [1.82, 2.24) is 10.6 Å². The third-order valence-electron chi connectivity index (χ3n) is 6.45. The van der Waals surface area contributed by atoms with Crippen molar-refractivity contribution < 1.29 is 14.0 Å². The lowest BCUT2D eigenvalue weighted by Gasteiger charge is -2.29. The number of halogens is 1. The van der Waals surface area contributed by atoms with Crippen LogP contribution in [-0.4, -0.2) is 37.1 Å². The summed E-state index contributed by atoms with van der Waals surface area (Å²) in [4.78, 5) is 24.5. The fourth-order valence-corrected chi connectivity index (χ4v) is 5.46. The van der Waals surface area contributed by atoms with Gasteiger partial charge in [0.2, 0.25) is 11.8 Å². The van der Waals surface area contributed by atoms with Crippen molar-refractivity contribution in [2.45, 2.75) is 37.9 Å². The number of rotatable bonds is 3. The number of primary amides is 1. The Morgan fingerprint density at radius 1 is 1.14 bits per heavy atom. The molecule has 1 aliphatic heterocycles. The summed E-state index contributed by atoms with van der Waals surface area (Å²) in [6.45, 7) is 0.741. The predicted molar refractivity (Wildman–Crippen MR) is 73.8 cm³/mol. The van der Waals surface area contributed by atoms with E-state index < -0.39 is 12.2 Å². The molecule has 4 fully saturated rings. The molecule has 6 heteroatoms. The molecule has 0 aromatic carbocycles.